The lowest BCUT2D eigenvalue weighted by Crippen LogP contribution is -2.21. The molecule has 2 rings (SSSR count). The third-order valence-electron chi connectivity index (χ3n) is 3.56. The quantitative estimate of drug-likeness (QED) is 0.314. The van der Waals surface area contributed by atoms with E-state index in [1.54, 1.807) is 19.1 Å². The topological polar surface area (TPSA) is 125 Å². The average molecular weight is 398 g/mol. The van der Waals surface area contributed by atoms with Crippen molar-refractivity contribution in [3.63, 3.8) is 0 Å². The zero-order valence-corrected chi connectivity index (χ0v) is 15.5. The maximum atomic E-state index is 12.0. The number of non-ortho nitro benzene ring substituents is 1. The van der Waals surface area contributed by atoms with Crippen molar-refractivity contribution >= 4 is 35.3 Å². The summed E-state index contributed by atoms with van der Waals surface area (Å²) in [5.41, 5.74) is 0.922. The van der Waals surface area contributed by atoms with E-state index in [4.69, 9.17) is 9.47 Å². The number of hydrogen-bond donors (Lipinski definition) is 1. The number of anilines is 1. The molecule has 0 saturated carbocycles. The lowest BCUT2D eigenvalue weighted by atomic mass is 10.2. The highest BCUT2D eigenvalue weighted by atomic mass is 16.6. The van der Waals surface area contributed by atoms with Gasteiger partial charge in [-0.05, 0) is 42.8 Å². The Balaban J connectivity index is 1.88. The van der Waals surface area contributed by atoms with E-state index in [-0.39, 0.29) is 23.5 Å². The van der Waals surface area contributed by atoms with Crippen LogP contribution in [0.25, 0.3) is 6.08 Å². The van der Waals surface area contributed by atoms with Crippen molar-refractivity contribution in [3.8, 4) is 0 Å². The highest BCUT2D eigenvalue weighted by Gasteiger charge is 2.14. The number of para-hydroxylation sites is 1. The molecule has 0 atom stereocenters. The van der Waals surface area contributed by atoms with Gasteiger partial charge < -0.3 is 14.8 Å². The van der Waals surface area contributed by atoms with E-state index in [9.17, 15) is 24.5 Å². The molecule has 1 amide bonds. The SMILES string of the molecule is CCOC(=O)c1ccccc1NC(=O)COC(=O)/C=C/c1ccc([N+](=O)[O-])cc1. The molecule has 0 aliphatic carbocycles. The average Bonchev–Trinajstić information content (AvgIpc) is 2.71. The van der Waals surface area contributed by atoms with Crippen molar-refractivity contribution in [1.29, 1.82) is 0 Å². The van der Waals surface area contributed by atoms with Gasteiger partial charge in [0.15, 0.2) is 6.61 Å². The van der Waals surface area contributed by atoms with Gasteiger partial charge in [0.2, 0.25) is 0 Å². The molecule has 0 aliphatic rings. The molecule has 0 heterocycles. The number of nitrogens with one attached hydrogen (secondary N) is 1. The summed E-state index contributed by atoms with van der Waals surface area (Å²) in [6.45, 7) is 1.31. The van der Waals surface area contributed by atoms with Crippen LogP contribution in [0.5, 0.6) is 0 Å². The van der Waals surface area contributed by atoms with Gasteiger partial charge in [-0.2, -0.15) is 0 Å². The van der Waals surface area contributed by atoms with E-state index in [1.807, 2.05) is 0 Å². The Morgan fingerprint density at radius 2 is 1.76 bits per heavy atom. The van der Waals surface area contributed by atoms with Gasteiger partial charge in [-0.25, -0.2) is 9.59 Å². The Bertz CT molecular complexity index is 936. The van der Waals surface area contributed by atoms with Gasteiger partial charge in [0.1, 0.15) is 0 Å². The van der Waals surface area contributed by atoms with Gasteiger partial charge in [0.05, 0.1) is 22.8 Å². The number of nitro groups is 1. The summed E-state index contributed by atoms with van der Waals surface area (Å²) in [7, 11) is 0. The van der Waals surface area contributed by atoms with Crippen LogP contribution in [-0.4, -0.2) is 36.0 Å². The Labute approximate surface area is 166 Å². The number of rotatable bonds is 8. The maximum absolute atomic E-state index is 12.0. The minimum absolute atomic E-state index is 0.0653. The molecular formula is C20H18N2O7. The minimum Gasteiger partial charge on any atom is -0.462 e. The number of esters is 2. The van der Waals surface area contributed by atoms with Crippen LogP contribution in [0, 0.1) is 10.1 Å². The van der Waals surface area contributed by atoms with E-state index in [1.165, 1.54) is 42.5 Å². The lowest BCUT2D eigenvalue weighted by Gasteiger charge is -2.10. The van der Waals surface area contributed by atoms with E-state index >= 15 is 0 Å². The Morgan fingerprint density at radius 3 is 2.41 bits per heavy atom. The summed E-state index contributed by atoms with van der Waals surface area (Å²) in [6.07, 6.45) is 2.50. The second-order valence-corrected chi connectivity index (χ2v) is 5.60. The first-order valence-electron chi connectivity index (χ1n) is 8.56. The molecule has 0 bridgehead atoms. The van der Waals surface area contributed by atoms with Crippen LogP contribution in [0.2, 0.25) is 0 Å². The summed E-state index contributed by atoms with van der Waals surface area (Å²) < 4.78 is 9.77. The predicted molar refractivity (Wildman–Crippen MR) is 104 cm³/mol. The Kier molecular flexibility index (Phi) is 7.60. The Morgan fingerprint density at radius 1 is 1.07 bits per heavy atom. The summed E-state index contributed by atoms with van der Waals surface area (Å²) in [5, 5.41) is 13.1. The number of nitro benzene ring substituents is 1. The van der Waals surface area contributed by atoms with Crippen molar-refractivity contribution in [3.05, 3.63) is 75.8 Å². The third kappa shape index (κ3) is 6.58. The van der Waals surface area contributed by atoms with E-state index in [0.717, 1.165) is 6.08 Å². The normalized spacial score (nSPS) is 10.4. The highest BCUT2D eigenvalue weighted by Crippen LogP contribution is 2.16. The van der Waals surface area contributed by atoms with Crippen molar-refractivity contribution < 1.29 is 28.8 Å². The molecule has 150 valence electrons. The second-order valence-electron chi connectivity index (χ2n) is 5.60. The first-order valence-corrected chi connectivity index (χ1v) is 8.56. The van der Waals surface area contributed by atoms with Gasteiger partial charge >= 0.3 is 11.9 Å². The first kappa shape index (κ1) is 21.3. The van der Waals surface area contributed by atoms with Gasteiger partial charge in [0.25, 0.3) is 11.6 Å². The molecule has 0 aromatic heterocycles. The molecule has 0 aliphatic heterocycles. The van der Waals surface area contributed by atoms with E-state index < -0.39 is 29.4 Å². The second kappa shape index (κ2) is 10.4. The summed E-state index contributed by atoms with van der Waals surface area (Å²) in [4.78, 5) is 45.7. The molecule has 9 nitrogen and oxygen atoms in total. The van der Waals surface area contributed by atoms with Crippen LogP contribution in [0.4, 0.5) is 11.4 Å². The molecule has 2 aromatic rings. The van der Waals surface area contributed by atoms with Crippen LogP contribution in [-0.2, 0) is 19.1 Å². The predicted octanol–water partition coefficient (Wildman–Crippen LogP) is 2.97. The molecular weight excluding hydrogens is 380 g/mol. The van der Waals surface area contributed by atoms with Crippen molar-refractivity contribution in [2.75, 3.05) is 18.5 Å². The standard InChI is InChI=1S/C20H18N2O7/c1-2-28-20(25)16-5-3-4-6-17(16)21-18(23)13-29-19(24)12-9-14-7-10-15(11-8-14)22(26)27/h3-12H,2,13H2,1H3,(H,21,23)/b12-9+. The number of ether oxygens (including phenoxy) is 2. The van der Waals surface area contributed by atoms with Crippen molar-refractivity contribution in [2.45, 2.75) is 6.92 Å². The van der Waals surface area contributed by atoms with Gasteiger partial charge in [-0.3, -0.25) is 14.9 Å². The summed E-state index contributed by atoms with van der Waals surface area (Å²) >= 11 is 0. The van der Waals surface area contributed by atoms with Gasteiger partial charge in [-0.15, -0.1) is 0 Å². The lowest BCUT2D eigenvalue weighted by molar-refractivity contribution is -0.384. The van der Waals surface area contributed by atoms with Crippen LogP contribution >= 0.6 is 0 Å². The van der Waals surface area contributed by atoms with Crippen LogP contribution in [0.15, 0.2) is 54.6 Å². The van der Waals surface area contributed by atoms with Crippen LogP contribution in [0.3, 0.4) is 0 Å². The Hall–Kier alpha value is -4.01. The van der Waals surface area contributed by atoms with Gasteiger partial charge in [-0.1, -0.05) is 12.1 Å². The number of amides is 1. The number of carbonyl (C=O) groups excluding carboxylic acids is 3. The number of carbonyl (C=O) groups is 3. The fourth-order valence-corrected chi connectivity index (χ4v) is 2.22. The van der Waals surface area contributed by atoms with Crippen LogP contribution < -0.4 is 5.32 Å². The zero-order valence-electron chi connectivity index (χ0n) is 15.5. The number of nitrogens with zero attached hydrogens (tertiary/aromatic N) is 1. The molecule has 0 radical (unpaired) electrons. The van der Waals surface area contributed by atoms with Crippen molar-refractivity contribution in [1.82, 2.24) is 0 Å². The minimum atomic E-state index is -0.766. The third-order valence-corrected chi connectivity index (χ3v) is 3.56. The fraction of sp³-hybridized carbons (Fsp3) is 0.150. The molecule has 0 saturated heterocycles. The molecule has 9 heteroatoms. The summed E-state index contributed by atoms with van der Waals surface area (Å²) in [6, 6.07) is 11.9. The molecule has 2 aromatic carbocycles. The number of hydrogen-bond acceptors (Lipinski definition) is 7. The molecule has 29 heavy (non-hydrogen) atoms. The highest BCUT2D eigenvalue weighted by molar-refractivity contribution is 6.02. The summed E-state index contributed by atoms with van der Waals surface area (Å²) in [5.74, 6) is -1.97. The van der Waals surface area contributed by atoms with Crippen molar-refractivity contribution in [2.24, 2.45) is 0 Å². The molecule has 0 fully saturated rings. The fourth-order valence-electron chi connectivity index (χ4n) is 2.22. The largest absolute Gasteiger partial charge is 0.462 e. The first-order chi connectivity index (χ1) is 13.9. The zero-order chi connectivity index (χ0) is 21.2. The molecule has 0 unspecified atom stereocenters. The maximum Gasteiger partial charge on any atom is 0.340 e. The molecule has 0 spiro atoms. The smallest absolute Gasteiger partial charge is 0.340 e. The van der Waals surface area contributed by atoms with E-state index in [2.05, 4.69) is 5.32 Å². The molecule has 1 N–H and O–H groups in total. The van der Waals surface area contributed by atoms with Crippen LogP contribution in [0.1, 0.15) is 22.8 Å². The van der Waals surface area contributed by atoms with Gasteiger partial charge in [0, 0.05) is 18.2 Å². The number of benzene rings is 2. The monoisotopic (exact) mass is 398 g/mol. The van der Waals surface area contributed by atoms with E-state index in [0.29, 0.717) is 5.56 Å².